The number of fused-ring (bicyclic) bond motifs is 1. The van der Waals surface area contributed by atoms with Crippen molar-refractivity contribution in [3.8, 4) is 0 Å². The lowest BCUT2D eigenvalue weighted by atomic mass is 9.73. The van der Waals surface area contributed by atoms with Crippen molar-refractivity contribution in [2.75, 3.05) is 13.1 Å². The minimum atomic E-state index is -1.15. The molecule has 0 bridgehead atoms. The summed E-state index contributed by atoms with van der Waals surface area (Å²) in [6, 6.07) is 11.1. The van der Waals surface area contributed by atoms with Gasteiger partial charge in [-0.05, 0) is 66.1 Å². The van der Waals surface area contributed by atoms with Crippen LogP contribution in [0.1, 0.15) is 50.8 Å². The predicted molar refractivity (Wildman–Crippen MR) is 114 cm³/mol. The van der Waals surface area contributed by atoms with Gasteiger partial charge in [0.15, 0.2) is 5.78 Å². The number of rotatable bonds is 4. The number of benzene rings is 2. The summed E-state index contributed by atoms with van der Waals surface area (Å²) in [6.45, 7) is 2.45. The van der Waals surface area contributed by atoms with Crippen LogP contribution in [0.4, 0.5) is 4.39 Å². The largest absolute Gasteiger partial charge is 0.303 e. The van der Waals surface area contributed by atoms with Gasteiger partial charge < -0.3 is 5.32 Å². The molecule has 1 fully saturated rings. The van der Waals surface area contributed by atoms with Gasteiger partial charge in [-0.15, -0.1) is 0 Å². The van der Waals surface area contributed by atoms with Gasteiger partial charge in [-0.3, -0.25) is 19.3 Å². The molecule has 0 aromatic heterocycles. The molecular weight excluding hydrogens is 486 g/mol. The van der Waals surface area contributed by atoms with Crippen LogP contribution in [0.15, 0.2) is 42.5 Å². The molecular formula is C22H20FIN2O3. The number of Topliss-reactive ketones (excluding diaryl/α,β-unsaturated/α-hetero) is 1. The number of nitrogens with one attached hydrogen (secondary N) is 1. The highest BCUT2D eigenvalue weighted by Gasteiger charge is 2.50. The molecule has 2 aromatic rings. The molecule has 2 aromatic carbocycles. The van der Waals surface area contributed by atoms with Crippen molar-refractivity contribution in [1.29, 1.82) is 0 Å². The SMILES string of the molecule is C[C@@H]1CCCN[C@@]1(CN1C(=O)c2ccccc2C1=O)C(=O)c1cccc(F)c1I. The van der Waals surface area contributed by atoms with Gasteiger partial charge in [-0.25, -0.2) is 4.39 Å². The fourth-order valence-electron chi connectivity index (χ4n) is 4.28. The second-order valence-electron chi connectivity index (χ2n) is 7.61. The first-order valence-electron chi connectivity index (χ1n) is 9.56. The van der Waals surface area contributed by atoms with Gasteiger partial charge in [0.2, 0.25) is 0 Å². The van der Waals surface area contributed by atoms with E-state index >= 15 is 0 Å². The first kappa shape index (κ1) is 20.2. The number of halogens is 2. The van der Waals surface area contributed by atoms with E-state index < -0.39 is 23.2 Å². The van der Waals surface area contributed by atoms with Gasteiger partial charge >= 0.3 is 0 Å². The maximum Gasteiger partial charge on any atom is 0.261 e. The highest BCUT2D eigenvalue weighted by atomic mass is 127. The van der Waals surface area contributed by atoms with Crippen molar-refractivity contribution < 1.29 is 18.8 Å². The van der Waals surface area contributed by atoms with Gasteiger partial charge in [-0.2, -0.15) is 0 Å². The average molecular weight is 506 g/mol. The van der Waals surface area contributed by atoms with E-state index in [9.17, 15) is 18.8 Å². The maximum atomic E-state index is 14.1. The summed E-state index contributed by atoms with van der Waals surface area (Å²) >= 11 is 1.83. The molecule has 2 aliphatic rings. The lowest BCUT2D eigenvalue weighted by molar-refractivity contribution is 0.0484. The normalized spacial score (nSPS) is 24.0. The number of carbonyl (C=O) groups excluding carboxylic acids is 3. The standard InChI is InChI=1S/C22H20FIN2O3/c1-13-6-5-11-25-22(13,19(27)16-9-4-10-17(23)18(16)24)12-26-20(28)14-7-2-3-8-15(14)21(26)29/h2-4,7-10,13,25H,5-6,11-12H2,1H3/t13-,22-/m1/s1. The second-order valence-corrected chi connectivity index (χ2v) is 8.69. The predicted octanol–water partition coefficient (Wildman–Crippen LogP) is 3.67. The molecule has 2 atom stereocenters. The Morgan fingerprint density at radius 1 is 1.17 bits per heavy atom. The molecule has 0 radical (unpaired) electrons. The molecule has 1 saturated heterocycles. The molecule has 4 rings (SSSR count). The summed E-state index contributed by atoms with van der Waals surface area (Å²) in [6.07, 6.45) is 1.66. The summed E-state index contributed by atoms with van der Waals surface area (Å²) < 4.78 is 14.4. The molecule has 1 N–H and O–H groups in total. The number of ketones is 1. The van der Waals surface area contributed by atoms with E-state index in [0.29, 0.717) is 17.7 Å². The Bertz CT molecular complexity index is 990. The average Bonchev–Trinajstić information content (AvgIpc) is 2.96. The molecule has 0 spiro atoms. The third-order valence-electron chi connectivity index (χ3n) is 5.98. The molecule has 0 unspecified atom stereocenters. The molecule has 2 aliphatic heterocycles. The monoisotopic (exact) mass is 506 g/mol. The Labute approximate surface area is 181 Å². The Morgan fingerprint density at radius 3 is 2.45 bits per heavy atom. The van der Waals surface area contributed by atoms with Crippen molar-refractivity contribution in [2.24, 2.45) is 5.92 Å². The van der Waals surface area contributed by atoms with Crippen LogP contribution >= 0.6 is 22.6 Å². The number of carbonyl (C=O) groups is 3. The molecule has 2 heterocycles. The third-order valence-corrected chi connectivity index (χ3v) is 7.08. The number of amides is 2. The minimum absolute atomic E-state index is 0.0774. The van der Waals surface area contributed by atoms with Crippen LogP contribution < -0.4 is 5.32 Å². The zero-order valence-electron chi connectivity index (χ0n) is 15.9. The summed E-state index contributed by atoms with van der Waals surface area (Å²) in [7, 11) is 0. The number of imide groups is 1. The van der Waals surface area contributed by atoms with Crippen LogP contribution in [0.5, 0.6) is 0 Å². The summed E-state index contributed by atoms with van der Waals surface area (Å²) in [4.78, 5) is 40.7. The highest BCUT2D eigenvalue weighted by molar-refractivity contribution is 14.1. The van der Waals surface area contributed by atoms with Gasteiger partial charge in [0.05, 0.1) is 21.2 Å². The molecule has 2 amide bonds. The van der Waals surface area contributed by atoms with Crippen LogP contribution in [-0.2, 0) is 0 Å². The van der Waals surface area contributed by atoms with Crippen LogP contribution in [0, 0.1) is 15.3 Å². The number of hydrogen-bond donors (Lipinski definition) is 1. The summed E-state index contributed by atoms with van der Waals surface area (Å²) in [5.74, 6) is -1.68. The van der Waals surface area contributed by atoms with E-state index in [1.54, 1.807) is 30.3 Å². The smallest absolute Gasteiger partial charge is 0.261 e. The molecule has 0 aliphatic carbocycles. The first-order chi connectivity index (χ1) is 13.9. The van der Waals surface area contributed by atoms with E-state index in [4.69, 9.17) is 0 Å². The lowest BCUT2D eigenvalue weighted by Gasteiger charge is -2.44. The molecule has 150 valence electrons. The zero-order valence-corrected chi connectivity index (χ0v) is 18.0. The zero-order chi connectivity index (χ0) is 20.8. The minimum Gasteiger partial charge on any atom is -0.303 e. The Hall–Kier alpha value is -2.13. The number of nitrogens with zero attached hydrogens (tertiary/aromatic N) is 1. The maximum absolute atomic E-state index is 14.1. The van der Waals surface area contributed by atoms with E-state index in [-0.39, 0.29) is 27.4 Å². The topological polar surface area (TPSA) is 66.5 Å². The van der Waals surface area contributed by atoms with Crippen LogP contribution in [0.2, 0.25) is 0 Å². The number of piperidine rings is 1. The quantitative estimate of drug-likeness (QED) is 0.391. The van der Waals surface area contributed by atoms with E-state index in [0.717, 1.165) is 17.7 Å². The van der Waals surface area contributed by atoms with Gasteiger partial charge in [-0.1, -0.05) is 31.2 Å². The molecule has 7 heteroatoms. The lowest BCUT2D eigenvalue weighted by Crippen LogP contribution is -2.65. The van der Waals surface area contributed by atoms with Crippen LogP contribution in [0.25, 0.3) is 0 Å². The summed E-state index contributed by atoms with van der Waals surface area (Å²) in [5, 5.41) is 3.30. The fourth-order valence-corrected chi connectivity index (χ4v) is 4.88. The Balaban J connectivity index is 1.76. The van der Waals surface area contributed by atoms with Crippen molar-refractivity contribution in [2.45, 2.75) is 25.3 Å². The third kappa shape index (κ3) is 3.20. The first-order valence-corrected chi connectivity index (χ1v) is 10.6. The van der Waals surface area contributed by atoms with Crippen molar-refractivity contribution >= 4 is 40.2 Å². The van der Waals surface area contributed by atoms with Crippen LogP contribution in [0.3, 0.4) is 0 Å². The van der Waals surface area contributed by atoms with Crippen molar-refractivity contribution in [1.82, 2.24) is 10.2 Å². The second kappa shape index (κ2) is 7.60. The van der Waals surface area contributed by atoms with E-state index in [1.807, 2.05) is 29.5 Å². The Kier molecular flexibility index (Phi) is 5.29. The summed E-state index contributed by atoms with van der Waals surface area (Å²) in [5.41, 5.74) is -0.185. The molecule has 0 saturated carbocycles. The Morgan fingerprint density at radius 2 is 1.83 bits per heavy atom. The van der Waals surface area contributed by atoms with Gasteiger partial charge in [0.25, 0.3) is 11.8 Å². The highest BCUT2D eigenvalue weighted by Crippen LogP contribution is 2.34. The number of hydrogen-bond acceptors (Lipinski definition) is 4. The van der Waals surface area contributed by atoms with Gasteiger partial charge in [0, 0.05) is 5.56 Å². The van der Waals surface area contributed by atoms with Gasteiger partial charge in [0.1, 0.15) is 11.4 Å². The van der Waals surface area contributed by atoms with Crippen LogP contribution in [-0.4, -0.2) is 41.1 Å². The molecule has 29 heavy (non-hydrogen) atoms. The fraction of sp³-hybridized carbons (Fsp3) is 0.318. The van der Waals surface area contributed by atoms with Crippen molar-refractivity contribution in [3.63, 3.8) is 0 Å². The van der Waals surface area contributed by atoms with Crippen molar-refractivity contribution in [3.05, 3.63) is 68.5 Å². The van der Waals surface area contributed by atoms with E-state index in [1.165, 1.54) is 12.1 Å². The molecule has 5 nitrogen and oxygen atoms in total. The van der Waals surface area contributed by atoms with E-state index in [2.05, 4.69) is 5.32 Å².